The predicted octanol–water partition coefficient (Wildman–Crippen LogP) is 5.12. The summed E-state index contributed by atoms with van der Waals surface area (Å²) in [5.41, 5.74) is 3.81. The highest BCUT2D eigenvalue weighted by Crippen LogP contribution is 2.38. The number of rotatable bonds is 14. The van der Waals surface area contributed by atoms with Crippen molar-refractivity contribution in [3.05, 3.63) is 94.3 Å². The Kier molecular flexibility index (Phi) is 10.9. The third kappa shape index (κ3) is 8.53. The van der Waals surface area contributed by atoms with Crippen molar-refractivity contribution in [1.82, 2.24) is 23.9 Å². The molecular weight excluding hydrogens is 744 g/mol. The Bertz CT molecular complexity index is 2370. The Morgan fingerprint density at radius 1 is 1.00 bits per heavy atom. The maximum Gasteiger partial charge on any atom is 0.247 e. The Hall–Kier alpha value is -5.65. The van der Waals surface area contributed by atoms with Crippen molar-refractivity contribution >= 4 is 50.4 Å². The van der Waals surface area contributed by atoms with Gasteiger partial charge in [-0.3, -0.25) is 0 Å². The average molecular weight is 783 g/mol. The minimum absolute atomic E-state index is 0.110. The molecule has 0 spiro atoms. The van der Waals surface area contributed by atoms with Gasteiger partial charge < -0.3 is 29.3 Å². The first-order valence-corrected chi connectivity index (χ1v) is 19.8. The lowest BCUT2D eigenvalue weighted by Crippen LogP contribution is -2.48. The molecular formula is C38H39ClN10O5S. The number of ether oxygens (including phenoxy) is 3. The maximum absolute atomic E-state index is 12.9. The van der Waals surface area contributed by atoms with Crippen LogP contribution in [0, 0.1) is 22.7 Å². The quantitative estimate of drug-likeness (QED) is 0.157. The number of sulfonamides is 1. The van der Waals surface area contributed by atoms with Gasteiger partial charge in [-0.2, -0.15) is 24.3 Å². The number of benzene rings is 3. The molecule has 1 aliphatic carbocycles. The molecule has 3 aromatic carbocycles. The number of aromatic nitrogens is 4. The SMILES string of the molecule is COc1ccc(CN(c2nc(Nc3cc(C#N)cc(N4CCOC(CN(Cc5ccc(OC)cc5)S(C)(=O)=O)C4)c3Cl)nn3c(C#N)cnc23)C2CC2)cc1. The van der Waals surface area contributed by atoms with Crippen molar-refractivity contribution in [2.75, 3.05) is 61.8 Å². The monoisotopic (exact) mass is 782 g/mol. The summed E-state index contributed by atoms with van der Waals surface area (Å²) in [6, 6.07) is 23.0. The molecule has 2 aliphatic rings. The van der Waals surface area contributed by atoms with Crippen LogP contribution in [-0.2, 0) is 27.8 Å². The second-order valence-corrected chi connectivity index (χ2v) is 15.8. The number of halogens is 1. The first-order chi connectivity index (χ1) is 26.6. The molecule has 17 heteroatoms. The highest BCUT2D eigenvalue weighted by Gasteiger charge is 2.33. The summed E-state index contributed by atoms with van der Waals surface area (Å²) in [5.74, 6) is 2.14. The van der Waals surface area contributed by atoms with E-state index >= 15 is 0 Å². The van der Waals surface area contributed by atoms with Crippen LogP contribution >= 0.6 is 11.6 Å². The Morgan fingerprint density at radius 2 is 1.67 bits per heavy atom. The van der Waals surface area contributed by atoms with Crippen LogP contribution in [0.3, 0.4) is 0 Å². The van der Waals surface area contributed by atoms with E-state index in [1.165, 1.54) is 21.3 Å². The van der Waals surface area contributed by atoms with E-state index < -0.39 is 16.1 Å². The number of hydrogen-bond donors (Lipinski definition) is 1. The van der Waals surface area contributed by atoms with Crippen LogP contribution in [0.25, 0.3) is 5.65 Å². The molecule has 3 heterocycles. The Labute approximate surface area is 324 Å². The van der Waals surface area contributed by atoms with E-state index in [2.05, 4.69) is 32.4 Å². The molecule has 284 valence electrons. The van der Waals surface area contributed by atoms with Gasteiger partial charge in [0, 0.05) is 38.8 Å². The van der Waals surface area contributed by atoms with Gasteiger partial charge in [0.25, 0.3) is 0 Å². The molecule has 15 nitrogen and oxygen atoms in total. The van der Waals surface area contributed by atoms with Gasteiger partial charge in [-0.05, 0) is 60.4 Å². The molecule has 0 radical (unpaired) electrons. The smallest absolute Gasteiger partial charge is 0.247 e. The van der Waals surface area contributed by atoms with Crippen LogP contribution in [0.4, 0.5) is 23.1 Å². The van der Waals surface area contributed by atoms with Crippen molar-refractivity contribution in [2.45, 2.75) is 38.1 Å². The molecule has 2 aromatic heterocycles. The predicted molar refractivity (Wildman–Crippen MR) is 207 cm³/mol. The van der Waals surface area contributed by atoms with Crippen molar-refractivity contribution in [2.24, 2.45) is 0 Å². The molecule has 1 aliphatic heterocycles. The molecule has 0 amide bonds. The summed E-state index contributed by atoms with van der Waals surface area (Å²) in [4.78, 5) is 13.6. The van der Waals surface area contributed by atoms with E-state index in [1.807, 2.05) is 41.3 Å². The number of hydrogen-bond acceptors (Lipinski definition) is 13. The lowest BCUT2D eigenvalue weighted by molar-refractivity contribution is 0.0284. The van der Waals surface area contributed by atoms with Crippen LogP contribution in [-0.4, -0.2) is 91.2 Å². The van der Waals surface area contributed by atoms with Gasteiger partial charge in [0.1, 0.15) is 17.6 Å². The first-order valence-electron chi connectivity index (χ1n) is 17.6. The van der Waals surface area contributed by atoms with Gasteiger partial charge in [0.05, 0.1) is 67.4 Å². The van der Waals surface area contributed by atoms with E-state index in [0.717, 1.165) is 29.7 Å². The van der Waals surface area contributed by atoms with Gasteiger partial charge in [0.15, 0.2) is 17.2 Å². The van der Waals surface area contributed by atoms with Crippen LogP contribution in [0.5, 0.6) is 11.5 Å². The third-order valence-electron chi connectivity index (χ3n) is 9.53. The Morgan fingerprint density at radius 3 is 2.27 bits per heavy atom. The van der Waals surface area contributed by atoms with Crippen LogP contribution in [0.2, 0.25) is 5.02 Å². The molecule has 1 saturated carbocycles. The molecule has 0 bridgehead atoms. The van der Waals surface area contributed by atoms with Crippen LogP contribution in [0.15, 0.2) is 66.9 Å². The van der Waals surface area contributed by atoms with Crippen LogP contribution < -0.4 is 24.6 Å². The topological polar surface area (TPSA) is 174 Å². The zero-order valence-corrected chi connectivity index (χ0v) is 32.1. The molecule has 1 unspecified atom stereocenters. The zero-order chi connectivity index (χ0) is 38.7. The second-order valence-electron chi connectivity index (χ2n) is 13.4. The van der Waals surface area contributed by atoms with Crippen molar-refractivity contribution in [3.8, 4) is 23.6 Å². The minimum Gasteiger partial charge on any atom is -0.497 e. The standard InChI is InChI=1S/C38H39ClN10O5S/c1-52-30-10-4-25(5-11-30)21-47(55(3,50)51)24-32-23-46(14-15-54-32)34-17-27(18-40)16-33(35(34)39)43-38-44-37(36-42-20-29(19-41)49(36)45-38)48(28-8-9-28)22-26-6-12-31(53-2)13-7-26/h4-7,10-13,16-17,20,28,32H,8-9,14-15,21-24H2,1-3H3,(H,43,45). The number of anilines is 4. The van der Waals surface area contributed by atoms with E-state index in [1.54, 1.807) is 38.5 Å². The highest BCUT2D eigenvalue weighted by molar-refractivity contribution is 7.88. The molecule has 1 saturated heterocycles. The summed E-state index contributed by atoms with van der Waals surface area (Å²) >= 11 is 7.11. The number of methoxy groups -OCH3 is 2. The minimum atomic E-state index is -3.59. The third-order valence-corrected chi connectivity index (χ3v) is 11.1. The van der Waals surface area contributed by atoms with Gasteiger partial charge in [-0.25, -0.2) is 13.4 Å². The van der Waals surface area contributed by atoms with E-state index in [4.69, 9.17) is 30.8 Å². The zero-order valence-electron chi connectivity index (χ0n) is 30.5. The highest BCUT2D eigenvalue weighted by atomic mass is 35.5. The summed E-state index contributed by atoms with van der Waals surface area (Å²) in [6.07, 6.45) is 4.11. The van der Waals surface area contributed by atoms with Gasteiger partial charge in [0.2, 0.25) is 16.0 Å². The van der Waals surface area contributed by atoms with E-state index in [9.17, 15) is 18.9 Å². The number of nitrogens with zero attached hydrogens (tertiary/aromatic N) is 9. The number of nitriles is 2. The van der Waals surface area contributed by atoms with Gasteiger partial charge >= 0.3 is 0 Å². The number of nitrogens with one attached hydrogen (secondary N) is 1. The van der Waals surface area contributed by atoms with Crippen molar-refractivity contribution in [1.29, 1.82) is 10.5 Å². The average Bonchev–Trinajstić information content (AvgIpc) is 3.96. The van der Waals surface area contributed by atoms with Crippen molar-refractivity contribution < 1.29 is 22.6 Å². The molecule has 7 rings (SSSR count). The summed E-state index contributed by atoms with van der Waals surface area (Å²) in [6.45, 7) is 1.90. The van der Waals surface area contributed by atoms with Gasteiger partial charge in [-0.15, -0.1) is 5.10 Å². The fourth-order valence-corrected chi connectivity index (χ4v) is 7.62. The largest absolute Gasteiger partial charge is 0.497 e. The first kappa shape index (κ1) is 37.7. The van der Waals surface area contributed by atoms with Crippen LogP contribution in [0.1, 0.15) is 35.2 Å². The molecule has 1 N–H and O–H groups in total. The fraction of sp³-hybridized carbons (Fsp3) is 0.342. The maximum atomic E-state index is 12.9. The molecule has 5 aromatic rings. The fourth-order valence-electron chi connectivity index (χ4n) is 6.52. The van der Waals surface area contributed by atoms with Crippen molar-refractivity contribution in [3.63, 3.8) is 0 Å². The second kappa shape index (κ2) is 16.0. The lowest BCUT2D eigenvalue weighted by Gasteiger charge is -2.37. The van der Waals surface area contributed by atoms with E-state index in [-0.39, 0.29) is 30.8 Å². The molecule has 2 fully saturated rings. The van der Waals surface area contributed by atoms with E-state index in [0.29, 0.717) is 65.4 Å². The molecule has 55 heavy (non-hydrogen) atoms. The number of morpholine rings is 1. The summed E-state index contributed by atoms with van der Waals surface area (Å²) in [7, 11) is -0.391. The number of fused-ring (bicyclic) bond motifs is 1. The van der Waals surface area contributed by atoms with Gasteiger partial charge in [-0.1, -0.05) is 35.9 Å². The summed E-state index contributed by atoms with van der Waals surface area (Å²) < 4.78 is 45.3. The lowest BCUT2D eigenvalue weighted by atomic mass is 10.1. The Balaban J connectivity index is 1.17. The summed E-state index contributed by atoms with van der Waals surface area (Å²) in [5, 5.41) is 28.2. The normalized spacial score (nSPS) is 15.8. The number of imidazole rings is 1. The molecule has 1 atom stereocenters.